The summed E-state index contributed by atoms with van der Waals surface area (Å²) in [5.41, 5.74) is 10.2. The summed E-state index contributed by atoms with van der Waals surface area (Å²) in [6, 6.07) is -5.55. The van der Waals surface area contributed by atoms with Crippen molar-refractivity contribution in [2.24, 2.45) is 23.3 Å². The molecule has 41 heavy (non-hydrogen) atoms. The lowest BCUT2D eigenvalue weighted by atomic mass is 9.98. The van der Waals surface area contributed by atoms with Crippen LogP contribution < -0.4 is 43.4 Å². The Morgan fingerprint density at radius 3 is 1.46 bits per heavy atom. The maximum atomic E-state index is 13.2. The first-order chi connectivity index (χ1) is 18.9. The van der Waals surface area contributed by atoms with Crippen molar-refractivity contribution in [3.8, 4) is 0 Å². The Bertz CT molecular complexity index is 1000. The maximum absolute atomic E-state index is 13.2. The molecule has 8 amide bonds. The molecule has 0 heterocycles. The van der Waals surface area contributed by atoms with E-state index >= 15 is 0 Å². The third kappa shape index (κ3) is 14.1. The van der Waals surface area contributed by atoms with Gasteiger partial charge in [-0.05, 0) is 32.1 Å². The summed E-state index contributed by atoms with van der Waals surface area (Å²) >= 11 is 0. The zero-order chi connectivity index (χ0) is 32.0. The van der Waals surface area contributed by atoms with Gasteiger partial charge in [0.15, 0.2) is 0 Å². The first kappa shape index (κ1) is 36.8. The van der Waals surface area contributed by atoms with Crippen molar-refractivity contribution in [3.63, 3.8) is 0 Å². The molecule has 16 nitrogen and oxygen atoms in total. The molecule has 0 bridgehead atoms. The predicted octanol–water partition coefficient (Wildman–Crippen LogP) is -3.35. The normalized spacial score (nSPS) is 14.5. The van der Waals surface area contributed by atoms with Gasteiger partial charge in [0.1, 0.15) is 30.2 Å². The molecule has 0 saturated carbocycles. The molecule has 0 aromatic carbocycles. The van der Waals surface area contributed by atoms with Crippen LogP contribution in [0.2, 0.25) is 0 Å². The van der Waals surface area contributed by atoms with Crippen LogP contribution in [0.5, 0.6) is 0 Å². The number of rotatable bonds is 17. The molecular formula is C25H44N8O8. The Morgan fingerprint density at radius 2 is 1.02 bits per heavy atom. The van der Waals surface area contributed by atoms with Crippen LogP contribution in [-0.4, -0.2) is 84.0 Å². The van der Waals surface area contributed by atoms with Crippen molar-refractivity contribution in [3.05, 3.63) is 0 Å². The van der Waals surface area contributed by atoms with E-state index in [4.69, 9.17) is 11.5 Å². The van der Waals surface area contributed by atoms with Crippen molar-refractivity contribution in [1.29, 1.82) is 0 Å². The summed E-state index contributed by atoms with van der Waals surface area (Å²) in [5, 5.41) is 14.7. The van der Waals surface area contributed by atoms with Crippen molar-refractivity contribution >= 4 is 47.3 Å². The predicted molar refractivity (Wildman–Crippen MR) is 147 cm³/mol. The zero-order valence-corrected chi connectivity index (χ0v) is 24.6. The number of carbonyl (C=O) groups is 8. The van der Waals surface area contributed by atoms with E-state index in [1.54, 1.807) is 27.7 Å². The maximum Gasteiger partial charge on any atom is 0.243 e. The van der Waals surface area contributed by atoms with Gasteiger partial charge >= 0.3 is 0 Å². The Labute approximate surface area is 239 Å². The van der Waals surface area contributed by atoms with Crippen molar-refractivity contribution < 1.29 is 38.4 Å². The molecule has 16 heteroatoms. The molecule has 0 fully saturated rings. The van der Waals surface area contributed by atoms with Crippen LogP contribution in [0.4, 0.5) is 0 Å². The van der Waals surface area contributed by atoms with Gasteiger partial charge in [-0.2, -0.15) is 0 Å². The molecule has 10 N–H and O–H groups in total. The Balaban J connectivity index is 5.65. The summed E-state index contributed by atoms with van der Waals surface area (Å²) in [7, 11) is 0. The lowest BCUT2D eigenvalue weighted by Crippen LogP contribution is -2.60. The number of amides is 8. The van der Waals surface area contributed by atoms with Crippen LogP contribution in [0.3, 0.4) is 0 Å². The van der Waals surface area contributed by atoms with Crippen molar-refractivity contribution in [1.82, 2.24) is 31.9 Å². The fraction of sp³-hybridized carbons (Fsp3) is 0.680. The van der Waals surface area contributed by atoms with Crippen LogP contribution in [-0.2, 0) is 38.4 Å². The van der Waals surface area contributed by atoms with Crippen molar-refractivity contribution in [2.75, 3.05) is 6.54 Å². The number of nitrogens with two attached hydrogens (primary N) is 2. The Hall–Kier alpha value is -4.24. The average molecular weight is 585 g/mol. The van der Waals surface area contributed by atoms with E-state index in [1.165, 1.54) is 20.8 Å². The first-order valence-electron chi connectivity index (χ1n) is 13.2. The van der Waals surface area contributed by atoms with E-state index < -0.39 is 95.8 Å². The van der Waals surface area contributed by atoms with E-state index in [0.717, 1.165) is 0 Å². The summed E-state index contributed by atoms with van der Waals surface area (Å²) in [6.45, 7) is 10.2. The number of carbonyl (C=O) groups excluding carboxylic acids is 8. The summed E-state index contributed by atoms with van der Waals surface area (Å²) in [4.78, 5) is 97.4. The molecular weight excluding hydrogens is 540 g/mol. The van der Waals surface area contributed by atoms with E-state index in [9.17, 15) is 38.4 Å². The number of nitrogens with one attached hydrogen (secondary N) is 6. The molecule has 5 atom stereocenters. The standard InChI is InChI=1S/C25H44N8O8/c1-11(2)19(24(40)30-13(5)21(37)28-10-18(27)36)33-25(41)20(12(3)4)32-23(39)16(8-9-17(26)35)31-22(38)14(6)29-15(7)34/h11-14,16,19-20H,8-10H2,1-7H3,(H2,26,35)(H2,27,36)(H,28,37)(H,29,34)(H,30,40)(H,31,38)(H,32,39)(H,33,41)/t13-,14-,16-,19-,20-/m0/s1. The SMILES string of the molecule is CC(=O)N[C@@H](C)C(=O)N[C@@H](CCC(N)=O)C(=O)N[C@H](C(=O)N[C@H](C(=O)N[C@@H](C)C(=O)NCC(N)=O)C(C)C)C(C)C. The van der Waals surface area contributed by atoms with E-state index in [-0.39, 0.29) is 12.8 Å². The molecule has 0 saturated heterocycles. The molecule has 0 spiro atoms. The highest BCUT2D eigenvalue weighted by molar-refractivity contribution is 5.96. The minimum absolute atomic E-state index is 0.168. The van der Waals surface area contributed by atoms with Gasteiger partial charge in [0.05, 0.1) is 6.54 Å². The first-order valence-corrected chi connectivity index (χ1v) is 13.2. The number of hydrogen-bond acceptors (Lipinski definition) is 8. The van der Waals surface area contributed by atoms with Gasteiger partial charge in [0.2, 0.25) is 47.3 Å². The molecule has 0 aromatic heterocycles. The molecule has 0 aromatic rings. The highest BCUT2D eigenvalue weighted by Crippen LogP contribution is 2.09. The van der Waals surface area contributed by atoms with Crippen LogP contribution in [0.15, 0.2) is 0 Å². The fourth-order valence-corrected chi connectivity index (χ4v) is 3.49. The average Bonchev–Trinajstić information content (AvgIpc) is 2.84. The Morgan fingerprint density at radius 1 is 0.561 bits per heavy atom. The van der Waals surface area contributed by atoms with E-state index in [0.29, 0.717) is 0 Å². The largest absolute Gasteiger partial charge is 0.370 e. The number of primary amides is 2. The van der Waals surface area contributed by atoms with Crippen LogP contribution in [0, 0.1) is 11.8 Å². The van der Waals surface area contributed by atoms with Gasteiger partial charge in [-0.1, -0.05) is 27.7 Å². The molecule has 0 aliphatic rings. The second-order valence-corrected chi connectivity index (χ2v) is 10.4. The monoisotopic (exact) mass is 584 g/mol. The third-order valence-electron chi connectivity index (χ3n) is 5.81. The molecule has 0 aliphatic heterocycles. The Kier molecular flexibility index (Phi) is 15.6. The lowest BCUT2D eigenvalue weighted by molar-refractivity contribution is -0.136. The second-order valence-electron chi connectivity index (χ2n) is 10.4. The smallest absolute Gasteiger partial charge is 0.243 e. The molecule has 0 unspecified atom stereocenters. The van der Waals surface area contributed by atoms with Gasteiger partial charge in [-0.25, -0.2) is 0 Å². The minimum Gasteiger partial charge on any atom is -0.370 e. The van der Waals surface area contributed by atoms with Gasteiger partial charge in [-0.3, -0.25) is 38.4 Å². The van der Waals surface area contributed by atoms with Gasteiger partial charge in [0, 0.05) is 13.3 Å². The van der Waals surface area contributed by atoms with Crippen LogP contribution in [0.25, 0.3) is 0 Å². The summed E-state index contributed by atoms with van der Waals surface area (Å²) < 4.78 is 0. The summed E-state index contributed by atoms with van der Waals surface area (Å²) in [5.74, 6) is -6.36. The van der Waals surface area contributed by atoms with E-state index in [2.05, 4.69) is 31.9 Å². The zero-order valence-electron chi connectivity index (χ0n) is 24.6. The third-order valence-corrected chi connectivity index (χ3v) is 5.81. The fourth-order valence-electron chi connectivity index (χ4n) is 3.49. The quantitative estimate of drug-likeness (QED) is 0.0854. The van der Waals surface area contributed by atoms with Gasteiger partial charge in [0.25, 0.3) is 0 Å². The topological polar surface area (TPSA) is 261 Å². The highest BCUT2D eigenvalue weighted by atomic mass is 16.2. The molecule has 0 radical (unpaired) electrons. The lowest BCUT2D eigenvalue weighted by Gasteiger charge is -2.29. The van der Waals surface area contributed by atoms with Crippen molar-refractivity contribution in [2.45, 2.75) is 91.5 Å². The van der Waals surface area contributed by atoms with Crippen LogP contribution >= 0.6 is 0 Å². The molecule has 232 valence electrons. The summed E-state index contributed by atoms with van der Waals surface area (Å²) in [6.07, 6.45) is -0.412. The van der Waals surface area contributed by atoms with Crippen LogP contribution in [0.1, 0.15) is 61.3 Å². The highest BCUT2D eigenvalue weighted by Gasteiger charge is 2.33. The van der Waals surface area contributed by atoms with Gasteiger partial charge < -0.3 is 43.4 Å². The van der Waals surface area contributed by atoms with E-state index in [1.807, 2.05) is 0 Å². The second kappa shape index (κ2) is 17.5. The number of hydrogen-bond donors (Lipinski definition) is 8. The van der Waals surface area contributed by atoms with Gasteiger partial charge in [-0.15, -0.1) is 0 Å². The molecule has 0 rings (SSSR count). The minimum atomic E-state index is -1.26. The molecule has 0 aliphatic carbocycles.